The maximum Gasteiger partial charge on any atom is 0.264 e. The minimum absolute atomic E-state index is 0.00356. The van der Waals surface area contributed by atoms with Gasteiger partial charge in [-0.3, -0.25) is 19.2 Å². The third-order valence-electron chi connectivity index (χ3n) is 10.7. The van der Waals surface area contributed by atoms with E-state index in [0.717, 1.165) is 11.1 Å². The molecule has 0 unspecified atom stereocenters. The van der Waals surface area contributed by atoms with Crippen LogP contribution in [0.15, 0.2) is 127 Å². The molecule has 7 rings (SSSR count). The molecule has 2 aliphatic heterocycles. The summed E-state index contributed by atoms with van der Waals surface area (Å²) in [6.07, 6.45) is 3.85. The standard InChI is InChI=1S/C45H44N6O6/c1-28(6-4-11-41(53)50-26-33-9-3-2-8-32(33)23-38(50)27-52)45(57)39-24-37(49-43(55)31-14-18-35(47)19-15-31)20-21-40(39)51(44(45)56)25-29-7-5-10-36(22-29)48-42(54)30-12-16-34(46)17-13-30/h2-10,12-22,24,28,38,52,57H,11,23,25-27,46-47H2,1H3,(H,48,54)(H,49,55)/b6-4+/t28-,38-,45+/m0/s1. The molecule has 2 aliphatic rings. The van der Waals surface area contributed by atoms with Gasteiger partial charge in [0, 0.05) is 58.3 Å². The van der Waals surface area contributed by atoms with Crippen LogP contribution < -0.4 is 27.0 Å². The minimum atomic E-state index is -2.07. The highest BCUT2D eigenvalue weighted by atomic mass is 16.3. The lowest BCUT2D eigenvalue weighted by Gasteiger charge is -2.36. The number of nitrogen functional groups attached to an aromatic ring is 2. The van der Waals surface area contributed by atoms with E-state index >= 15 is 0 Å². The predicted octanol–water partition coefficient (Wildman–Crippen LogP) is 5.62. The number of nitrogens with one attached hydrogen (secondary N) is 2. The Hall–Kier alpha value is -6.76. The molecule has 0 bridgehead atoms. The van der Waals surface area contributed by atoms with Crippen molar-refractivity contribution in [2.45, 2.75) is 44.5 Å². The van der Waals surface area contributed by atoms with Gasteiger partial charge in [-0.25, -0.2) is 0 Å². The average Bonchev–Trinajstić information content (AvgIpc) is 3.42. The second-order valence-corrected chi connectivity index (χ2v) is 14.5. The normalized spacial score (nSPS) is 17.9. The summed E-state index contributed by atoms with van der Waals surface area (Å²) in [6, 6.07) is 32.5. The van der Waals surface area contributed by atoms with Gasteiger partial charge in [-0.15, -0.1) is 0 Å². The number of amides is 4. The molecule has 0 saturated carbocycles. The molecule has 0 fully saturated rings. The van der Waals surface area contributed by atoms with Gasteiger partial charge < -0.3 is 42.1 Å². The average molecular weight is 765 g/mol. The summed E-state index contributed by atoms with van der Waals surface area (Å²) in [6.45, 7) is 1.97. The molecule has 8 N–H and O–H groups in total. The molecule has 12 heteroatoms. The van der Waals surface area contributed by atoms with Crippen LogP contribution in [0.2, 0.25) is 0 Å². The number of fused-ring (bicyclic) bond motifs is 2. The third-order valence-corrected chi connectivity index (χ3v) is 10.7. The second kappa shape index (κ2) is 16.1. The number of benzene rings is 5. The topological polar surface area (TPSA) is 191 Å². The predicted molar refractivity (Wildman–Crippen MR) is 220 cm³/mol. The van der Waals surface area contributed by atoms with E-state index in [1.165, 1.54) is 4.90 Å². The summed E-state index contributed by atoms with van der Waals surface area (Å²) >= 11 is 0. The van der Waals surface area contributed by atoms with Gasteiger partial charge >= 0.3 is 0 Å². The van der Waals surface area contributed by atoms with Crippen LogP contribution in [0.1, 0.15) is 56.3 Å². The summed E-state index contributed by atoms with van der Waals surface area (Å²) < 4.78 is 0. The number of hydrogen-bond donors (Lipinski definition) is 6. The highest BCUT2D eigenvalue weighted by molar-refractivity contribution is 6.09. The molecule has 0 aromatic heterocycles. The van der Waals surface area contributed by atoms with Crippen LogP contribution in [-0.4, -0.2) is 51.4 Å². The Morgan fingerprint density at radius 1 is 0.825 bits per heavy atom. The zero-order valence-corrected chi connectivity index (χ0v) is 31.4. The first-order valence-electron chi connectivity index (χ1n) is 18.7. The molecule has 5 aromatic carbocycles. The van der Waals surface area contributed by atoms with Gasteiger partial charge in [-0.2, -0.15) is 0 Å². The van der Waals surface area contributed by atoms with Crippen LogP contribution in [0.5, 0.6) is 0 Å². The maximum absolute atomic E-state index is 14.5. The van der Waals surface area contributed by atoms with Gasteiger partial charge in [0.25, 0.3) is 17.7 Å². The van der Waals surface area contributed by atoms with Gasteiger partial charge in [0.2, 0.25) is 5.91 Å². The van der Waals surface area contributed by atoms with Crippen molar-refractivity contribution in [3.63, 3.8) is 0 Å². The number of rotatable bonds is 11. The van der Waals surface area contributed by atoms with Crippen molar-refractivity contribution in [2.24, 2.45) is 5.92 Å². The number of nitrogens with two attached hydrogens (primary N) is 2. The Kier molecular flexibility index (Phi) is 10.9. The molecule has 3 atom stereocenters. The van der Waals surface area contributed by atoms with Crippen LogP contribution in [0, 0.1) is 5.92 Å². The molecule has 0 aliphatic carbocycles. The van der Waals surface area contributed by atoms with Gasteiger partial charge in [0.15, 0.2) is 5.60 Å². The van der Waals surface area contributed by atoms with E-state index in [2.05, 4.69) is 10.6 Å². The maximum atomic E-state index is 14.5. The largest absolute Gasteiger partial charge is 0.399 e. The second-order valence-electron chi connectivity index (χ2n) is 14.5. The van der Waals surface area contributed by atoms with Gasteiger partial charge in [0.1, 0.15) is 0 Å². The molecule has 0 spiro atoms. The van der Waals surface area contributed by atoms with E-state index in [0.29, 0.717) is 58.1 Å². The first-order valence-corrected chi connectivity index (χ1v) is 18.7. The van der Waals surface area contributed by atoms with Crippen molar-refractivity contribution >= 4 is 52.1 Å². The lowest BCUT2D eigenvalue weighted by molar-refractivity contribution is -0.139. The molecule has 2 heterocycles. The van der Waals surface area contributed by atoms with Crippen LogP contribution >= 0.6 is 0 Å². The number of anilines is 5. The Morgan fingerprint density at radius 2 is 1.44 bits per heavy atom. The monoisotopic (exact) mass is 764 g/mol. The molecule has 0 radical (unpaired) electrons. The number of aliphatic hydroxyl groups is 2. The van der Waals surface area contributed by atoms with Crippen molar-refractivity contribution < 1.29 is 29.4 Å². The lowest BCUT2D eigenvalue weighted by Crippen LogP contribution is -2.46. The Balaban J connectivity index is 1.14. The summed E-state index contributed by atoms with van der Waals surface area (Å²) in [7, 11) is 0. The summed E-state index contributed by atoms with van der Waals surface area (Å²) in [5.74, 6) is -2.31. The van der Waals surface area contributed by atoms with E-state index in [1.807, 2.05) is 30.3 Å². The van der Waals surface area contributed by atoms with E-state index < -0.39 is 23.3 Å². The van der Waals surface area contributed by atoms with Crippen molar-refractivity contribution in [2.75, 3.05) is 33.6 Å². The van der Waals surface area contributed by atoms with E-state index in [9.17, 15) is 29.4 Å². The van der Waals surface area contributed by atoms with Gasteiger partial charge in [-0.05, 0) is 102 Å². The number of aliphatic hydroxyl groups excluding tert-OH is 1. The zero-order valence-electron chi connectivity index (χ0n) is 31.4. The number of nitrogens with zero attached hydrogens (tertiary/aromatic N) is 2. The lowest BCUT2D eigenvalue weighted by atomic mass is 9.82. The fourth-order valence-electron chi connectivity index (χ4n) is 7.46. The van der Waals surface area contributed by atoms with Crippen LogP contribution in [0.3, 0.4) is 0 Å². The number of carbonyl (C=O) groups is 4. The van der Waals surface area contributed by atoms with E-state index in [-0.39, 0.29) is 43.0 Å². The van der Waals surface area contributed by atoms with E-state index in [4.69, 9.17) is 11.5 Å². The highest BCUT2D eigenvalue weighted by Gasteiger charge is 2.52. The summed E-state index contributed by atoms with van der Waals surface area (Å²) in [5.41, 5.74) is 15.8. The zero-order chi connectivity index (χ0) is 40.3. The van der Waals surface area contributed by atoms with Crippen molar-refractivity contribution in [3.05, 3.63) is 161 Å². The minimum Gasteiger partial charge on any atom is -0.399 e. The van der Waals surface area contributed by atoms with Crippen molar-refractivity contribution in [1.82, 2.24) is 4.90 Å². The molecular formula is C45H44N6O6. The fourth-order valence-corrected chi connectivity index (χ4v) is 7.46. The molecular weight excluding hydrogens is 721 g/mol. The molecule has 12 nitrogen and oxygen atoms in total. The first kappa shape index (κ1) is 38.5. The Labute approximate surface area is 330 Å². The van der Waals surface area contributed by atoms with Crippen LogP contribution in [-0.2, 0) is 34.7 Å². The molecule has 0 saturated heterocycles. The fraction of sp³-hybridized carbons (Fsp3) is 0.200. The highest BCUT2D eigenvalue weighted by Crippen LogP contribution is 2.47. The Morgan fingerprint density at radius 3 is 2.07 bits per heavy atom. The summed E-state index contributed by atoms with van der Waals surface area (Å²) in [4.78, 5) is 57.3. The van der Waals surface area contributed by atoms with Crippen LogP contribution in [0.4, 0.5) is 28.4 Å². The first-order chi connectivity index (χ1) is 27.4. The van der Waals surface area contributed by atoms with Crippen LogP contribution in [0.25, 0.3) is 0 Å². The molecule has 4 amide bonds. The number of hydrogen-bond acceptors (Lipinski definition) is 8. The van der Waals surface area contributed by atoms with Crippen molar-refractivity contribution in [3.8, 4) is 0 Å². The SMILES string of the molecule is C[C@@H](/C=C/CC(=O)N1Cc2ccccc2C[C@H]1CO)[C@]1(O)C(=O)N(Cc2cccc(NC(=O)c3ccc(N)cc3)c2)c2ccc(NC(=O)c3ccc(N)cc3)cc21. The smallest absolute Gasteiger partial charge is 0.264 e. The summed E-state index contributed by atoms with van der Waals surface area (Å²) in [5, 5.41) is 28.3. The van der Waals surface area contributed by atoms with Gasteiger partial charge in [-0.1, -0.05) is 55.5 Å². The third kappa shape index (κ3) is 7.99. The molecule has 290 valence electrons. The van der Waals surface area contributed by atoms with Gasteiger partial charge in [0.05, 0.1) is 24.9 Å². The molecule has 57 heavy (non-hydrogen) atoms. The van der Waals surface area contributed by atoms with Crippen molar-refractivity contribution in [1.29, 1.82) is 0 Å². The quantitative estimate of drug-likeness (QED) is 0.0738. The Bertz CT molecular complexity index is 2360. The number of carbonyl (C=O) groups excluding carboxylic acids is 4. The molecule has 5 aromatic rings. The van der Waals surface area contributed by atoms with E-state index in [1.54, 1.807) is 109 Å².